The minimum absolute atomic E-state index is 0.224. The Hall–Kier alpha value is -3.07. The molecule has 192 valence electrons. The molecule has 0 aliphatic heterocycles. The zero-order chi connectivity index (χ0) is 26.0. The molecule has 0 saturated heterocycles. The van der Waals surface area contributed by atoms with Crippen molar-refractivity contribution in [2.45, 2.75) is 85.1 Å². The third-order valence-electron chi connectivity index (χ3n) is 6.91. The largest absolute Gasteiger partial charge is 0.493 e. The lowest BCUT2D eigenvalue weighted by atomic mass is 9.70. The monoisotopic (exact) mass is 509 g/mol. The number of anilines is 1. The highest BCUT2D eigenvalue weighted by Gasteiger charge is 2.49. The van der Waals surface area contributed by atoms with Crippen molar-refractivity contribution in [1.29, 1.82) is 0 Å². The van der Waals surface area contributed by atoms with E-state index in [9.17, 15) is 9.59 Å². The maximum Gasteiger partial charge on any atom is 0.277 e. The number of imidazole rings is 1. The Morgan fingerprint density at radius 1 is 1.25 bits per heavy atom. The van der Waals surface area contributed by atoms with Crippen LogP contribution in [0.4, 0.5) is 5.69 Å². The van der Waals surface area contributed by atoms with Crippen LogP contribution in [0.25, 0.3) is 16.9 Å². The fourth-order valence-electron chi connectivity index (χ4n) is 5.20. The summed E-state index contributed by atoms with van der Waals surface area (Å²) in [7, 11) is 0. The molecular weight excluding hydrogens is 474 g/mol. The van der Waals surface area contributed by atoms with Gasteiger partial charge in [0.2, 0.25) is 0 Å². The molecule has 1 fully saturated rings. The molecule has 0 bridgehead atoms. The summed E-state index contributed by atoms with van der Waals surface area (Å²) in [5.41, 5.74) is 1.67. The summed E-state index contributed by atoms with van der Waals surface area (Å²) in [5.74, 6) is 1.96. The molecule has 0 spiro atoms. The fraction of sp³-hybridized carbons (Fsp3) is 0.519. The number of carbonyl (C=O) groups excluding carboxylic acids is 1. The summed E-state index contributed by atoms with van der Waals surface area (Å²) in [6.45, 7) is 10.1. The number of fused-ring (bicyclic) bond motifs is 1. The molecule has 1 N–H and O–H groups in total. The van der Waals surface area contributed by atoms with Crippen LogP contribution in [0.2, 0.25) is 0 Å². The molecule has 4 rings (SSSR count). The van der Waals surface area contributed by atoms with Gasteiger partial charge in [-0.05, 0) is 71.1 Å². The summed E-state index contributed by atoms with van der Waals surface area (Å²) in [6.07, 6.45) is 5.46. The summed E-state index contributed by atoms with van der Waals surface area (Å²) in [6, 6.07) is 5.73. The number of ether oxygens (including phenoxy) is 1. The van der Waals surface area contributed by atoms with Gasteiger partial charge < -0.3 is 14.6 Å². The van der Waals surface area contributed by atoms with Gasteiger partial charge in [-0.3, -0.25) is 9.59 Å². The van der Waals surface area contributed by atoms with Crippen LogP contribution in [0, 0.1) is 6.92 Å². The first-order valence-electron chi connectivity index (χ1n) is 12.9. The Kier molecular flexibility index (Phi) is 7.59. The van der Waals surface area contributed by atoms with E-state index in [1.807, 2.05) is 50.8 Å². The van der Waals surface area contributed by atoms with Crippen LogP contribution in [0.3, 0.4) is 0 Å². The molecule has 1 aliphatic carbocycles. The highest BCUT2D eigenvalue weighted by atomic mass is 32.1. The van der Waals surface area contributed by atoms with Crippen molar-refractivity contribution in [2.75, 3.05) is 11.5 Å². The number of aromatic nitrogens is 4. The van der Waals surface area contributed by atoms with Gasteiger partial charge in [-0.15, -0.1) is 5.10 Å². The van der Waals surface area contributed by atoms with Crippen LogP contribution in [-0.2, 0) is 11.2 Å². The number of ketones is 1. The number of aromatic amines is 1. The second-order valence-electron chi connectivity index (χ2n) is 9.45. The molecule has 8 nitrogen and oxygen atoms in total. The van der Waals surface area contributed by atoms with E-state index in [1.54, 1.807) is 4.52 Å². The Labute approximate surface area is 217 Å². The molecule has 3 aromatic rings. The number of thiocarbonyl (C=S) groups is 1. The van der Waals surface area contributed by atoms with Crippen molar-refractivity contribution in [3.05, 3.63) is 40.1 Å². The Balaban J connectivity index is 1.90. The average molecular weight is 510 g/mol. The van der Waals surface area contributed by atoms with Gasteiger partial charge in [0.05, 0.1) is 22.9 Å². The molecule has 1 aromatic carbocycles. The van der Waals surface area contributed by atoms with Crippen LogP contribution >= 0.6 is 12.2 Å². The maximum atomic E-state index is 13.3. The number of nitrogens with zero attached hydrogens (tertiary/aromatic N) is 4. The van der Waals surface area contributed by atoms with Gasteiger partial charge in [-0.25, -0.2) is 9.50 Å². The van der Waals surface area contributed by atoms with Crippen molar-refractivity contribution >= 4 is 34.2 Å². The SMILES string of the molecule is CCCC(=O)C1(N(C(C)=S)c2ccc(OCC)c(-c3nn4c(CCC)nc(C)c4c(=O)[nH]3)c2)CCC1. The molecule has 0 atom stereocenters. The normalized spacial score (nSPS) is 14.5. The molecule has 0 unspecified atom stereocenters. The van der Waals surface area contributed by atoms with Gasteiger partial charge in [-0.2, -0.15) is 0 Å². The second-order valence-corrected chi connectivity index (χ2v) is 10.0. The zero-order valence-electron chi connectivity index (χ0n) is 21.8. The van der Waals surface area contributed by atoms with Gasteiger partial charge in [-0.1, -0.05) is 26.1 Å². The van der Waals surface area contributed by atoms with Crippen LogP contribution in [-0.4, -0.2) is 42.5 Å². The molecule has 0 radical (unpaired) electrons. The number of carbonyl (C=O) groups is 1. The first kappa shape index (κ1) is 26.0. The standard InChI is InChI=1S/C27H35N5O3S/c1-6-10-22(33)27(14-9-15-27)31(18(5)36)19-12-13-21(35-8-3)20(16-19)25-29-26(34)24-17(4)28-23(11-7-2)32(24)30-25/h12-13,16H,6-11,14-15H2,1-5H3,(H,29,30,34). The van der Waals surface area contributed by atoms with Gasteiger partial charge in [0.1, 0.15) is 17.1 Å². The third kappa shape index (κ3) is 4.45. The van der Waals surface area contributed by atoms with Crippen LogP contribution in [0.15, 0.2) is 23.0 Å². The summed E-state index contributed by atoms with van der Waals surface area (Å²) in [5, 5.41) is 4.80. The van der Waals surface area contributed by atoms with E-state index in [4.69, 9.17) is 22.1 Å². The van der Waals surface area contributed by atoms with Crippen LogP contribution in [0.1, 0.15) is 77.7 Å². The summed E-state index contributed by atoms with van der Waals surface area (Å²) < 4.78 is 7.58. The van der Waals surface area contributed by atoms with Crippen LogP contribution in [0.5, 0.6) is 5.75 Å². The van der Waals surface area contributed by atoms with Gasteiger partial charge in [0, 0.05) is 18.5 Å². The molecule has 9 heteroatoms. The molecule has 2 heterocycles. The summed E-state index contributed by atoms with van der Waals surface area (Å²) in [4.78, 5) is 36.6. The molecular formula is C27H35N5O3S. The Bertz CT molecular complexity index is 1360. The number of hydrogen-bond donors (Lipinski definition) is 1. The average Bonchev–Trinajstić information content (AvgIpc) is 3.12. The van der Waals surface area contributed by atoms with E-state index in [-0.39, 0.29) is 11.3 Å². The highest BCUT2D eigenvalue weighted by Crippen LogP contribution is 2.44. The molecule has 2 aromatic heterocycles. The van der Waals surface area contributed by atoms with E-state index < -0.39 is 5.54 Å². The Morgan fingerprint density at radius 3 is 2.58 bits per heavy atom. The predicted molar refractivity (Wildman–Crippen MR) is 146 cm³/mol. The minimum Gasteiger partial charge on any atom is -0.493 e. The zero-order valence-corrected chi connectivity index (χ0v) is 22.6. The number of rotatable bonds is 10. The number of H-pyrrole nitrogens is 1. The molecule has 1 saturated carbocycles. The lowest BCUT2D eigenvalue weighted by Gasteiger charge is -2.50. The molecule has 1 aliphatic rings. The quantitative estimate of drug-likeness (QED) is 0.376. The molecule has 0 amide bonds. The number of aryl methyl sites for hydroxylation is 2. The highest BCUT2D eigenvalue weighted by molar-refractivity contribution is 7.80. The van der Waals surface area contributed by atoms with E-state index in [0.717, 1.165) is 43.6 Å². The number of hydrogen-bond acceptors (Lipinski definition) is 6. The number of nitrogens with one attached hydrogen (secondary N) is 1. The minimum atomic E-state index is -0.618. The van der Waals surface area contributed by atoms with Crippen LogP contribution < -0.4 is 15.2 Å². The van der Waals surface area contributed by atoms with E-state index in [0.29, 0.717) is 52.8 Å². The number of Topliss-reactive ketones (excluding diaryl/α,β-unsaturated/α-hetero) is 1. The topological polar surface area (TPSA) is 92.6 Å². The van der Waals surface area contributed by atoms with Crippen molar-refractivity contribution in [3.63, 3.8) is 0 Å². The smallest absolute Gasteiger partial charge is 0.277 e. The molecule has 36 heavy (non-hydrogen) atoms. The van der Waals surface area contributed by atoms with Crippen molar-refractivity contribution in [1.82, 2.24) is 19.6 Å². The first-order chi connectivity index (χ1) is 17.3. The summed E-state index contributed by atoms with van der Waals surface area (Å²) >= 11 is 5.68. The fourth-order valence-corrected chi connectivity index (χ4v) is 5.48. The van der Waals surface area contributed by atoms with Gasteiger partial charge in [0.15, 0.2) is 17.1 Å². The van der Waals surface area contributed by atoms with Crippen molar-refractivity contribution < 1.29 is 9.53 Å². The number of benzene rings is 1. The van der Waals surface area contributed by atoms with Gasteiger partial charge in [0.25, 0.3) is 5.56 Å². The Morgan fingerprint density at radius 2 is 2.00 bits per heavy atom. The third-order valence-corrected chi connectivity index (χ3v) is 7.09. The van der Waals surface area contributed by atoms with E-state index in [2.05, 4.69) is 16.9 Å². The van der Waals surface area contributed by atoms with Gasteiger partial charge >= 0.3 is 0 Å². The van der Waals surface area contributed by atoms with E-state index in [1.165, 1.54) is 0 Å². The second kappa shape index (κ2) is 10.5. The van der Waals surface area contributed by atoms with Crippen molar-refractivity contribution in [3.8, 4) is 17.1 Å². The predicted octanol–water partition coefficient (Wildman–Crippen LogP) is 5.19. The first-order valence-corrected chi connectivity index (χ1v) is 13.3. The van der Waals surface area contributed by atoms with Crippen molar-refractivity contribution in [2.24, 2.45) is 0 Å². The lowest BCUT2D eigenvalue weighted by molar-refractivity contribution is -0.126. The lowest BCUT2D eigenvalue weighted by Crippen LogP contribution is -2.61. The van der Waals surface area contributed by atoms with E-state index >= 15 is 0 Å². The maximum absolute atomic E-state index is 13.3.